The summed E-state index contributed by atoms with van der Waals surface area (Å²) in [5.41, 5.74) is -1.44. The quantitative estimate of drug-likeness (QED) is 0.740. The Bertz CT molecular complexity index is 394. The summed E-state index contributed by atoms with van der Waals surface area (Å²) in [4.78, 5) is 13.1. The van der Waals surface area contributed by atoms with Gasteiger partial charge in [0.05, 0.1) is 7.11 Å². The van der Waals surface area contributed by atoms with Crippen molar-refractivity contribution in [3.63, 3.8) is 0 Å². The van der Waals surface area contributed by atoms with Gasteiger partial charge in [-0.05, 0) is 0 Å². The molecular weight excluding hydrogens is 203 g/mol. The number of carboxylic acids is 1. The third kappa shape index (κ3) is 1.48. The Hall–Kier alpha value is -1.79. The molecule has 0 spiro atoms. The number of nitrogens with zero attached hydrogens (tertiary/aromatic N) is 1. The molecule has 0 unspecified atom stereocenters. The lowest BCUT2D eigenvalue weighted by Crippen LogP contribution is -2.10. The zero-order valence-corrected chi connectivity index (χ0v) is 6.84. The predicted octanol–water partition coefficient (Wildman–Crippen LogP) is 1.21. The van der Waals surface area contributed by atoms with Gasteiger partial charge in [-0.3, -0.25) is 0 Å². The third-order valence-electron chi connectivity index (χ3n) is 1.41. The van der Waals surface area contributed by atoms with Gasteiger partial charge in [0.1, 0.15) is 0 Å². The number of aromatic nitrogens is 1. The summed E-state index contributed by atoms with van der Waals surface area (Å²) in [6.45, 7) is 0. The SMILES string of the molecule is COc1nc(F)c(C(=O)O)c(F)c1F. The second-order valence-corrected chi connectivity index (χ2v) is 2.22. The van der Waals surface area contributed by atoms with Crippen molar-refractivity contribution in [3.05, 3.63) is 23.1 Å². The zero-order chi connectivity index (χ0) is 10.9. The largest absolute Gasteiger partial charge is 0.479 e. The number of aromatic carboxylic acids is 1. The van der Waals surface area contributed by atoms with Crippen LogP contribution in [-0.2, 0) is 0 Å². The van der Waals surface area contributed by atoms with Gasteiger partial charge in [0.25, 0.3) is 5.88 Å². The van der Waals surface area contributed by atoms with Gasteiger partial charge in [-0.1, -0.05) is 0 Å². The lowest BCUT2D eigenvalue weighted by molar-refractivity contribution is 0.0683. The summed E-state index contributed by atoms with van der Waals surface area (Å²) in [6.07, 6.45) is 0. The molecule has 1 aromatic rings. The van der Waals surface area contributed by atoms with E-state index in [1.165, 1.54) is 0 Å². The molecule has 0 bridgehead atoms. The van der Waals surface area contributed by atoms with Crippen LogP contribution in [0.3, 0.4) is 0 Å². The lowest BCUT2D eigenvalue weighted by atomic mass is 10.2. The highest BCUT2D eigenvalue weighted by Crippen LogP contribution is 2.21. The number of rotatable bonds is 2. The number of pyridine rings is 1. The molecule has 0 aliphatic rings. The maximum atomic E-state index is 12.8. The van der Waals surface area contributed by atoms with Crippen molar-refractivity contribution in [2.45, 2.75) is 0 Å². The molecule has 0 atom stereocenters. The first kappa shape index (κ1) is 10.3. The molecule has 14 heavy (non-hydrogen) atoms. The van der Waals surface area contributed by atoms with E-state index < -0.39 is 35.0 Å². The van der Waals surface area contributed by atoms with E-state index in [1.54, 1.807) is 0 Å². The molecule has 1 heterocycles. The molecule has 7 heteroatoms. The highest BCUT2D eigenvalue weighted by atomic mass is 19.2. The molecule has 1 aromatic heterocycles. The van der Waals surface area contributed by atoms with Gasteiger partial charge in [0.15, 0.2) is 11.4 Å². The van der Waals surface area contributed by atoms with Crippen LogP contribution in [0.2, 0.25) is 0 Å². The van der Waals surface area contributed by atoms with E-state index in [-0.39, 0.29) is 0 Å². The fourth-order valence-corrected chi connectivity index (χ4v) is 0.806. The fourth-order valence-electron chi connectivity index (χ4n) is 0.806. The Morgan fingerprint density at radius 3 is 2.36 bits per heavy atom. The monoisotopic (exact) mass is 207 g/mol. The molecule has 1 N–H and O–H groups in total. The second-order valence-electron chi connectivity index (χ2n) is 2.22. The molecule has 0 saturated heterocycles. The topological polar surface area (TPSA) is 59.4 Å². The van der Waals surface area contributed by atoms with Crippen molar-refractivity contribution in [2.24, 2.45) is 0 Å². The highest BCUT2D eigenvalue weighted by Gasteiger charge is 2.25. The molecular formula is C7H4F3NO3. The Labute approximate surface area is 75.9 Å². The average Bonchev–Trinajstić information content (AvgIpc) is 2.10. The van der Waals surface area contributed by atoms with E-state index in [4.69, 9.17) is 5.11 Å². The van der Waals surface area contributed by atoms with Crippen LogP contribution >= 0.6 is 0 Å². The van der Waals surface area contributed by atoms with Gasteiger partial charge >= 0.3 is 5.97 Å². The second kappa shape index (κ2) is 3.52. The van der Waals surface area contributed by atoms with Gasteiger partial charge < -0.3 is 9.84 Å². The smallest absolute Gasteiger partial charge is 0.343 e. The van der Waals surface area contributed by atoms with Crippen LogP contribution in [-0.4, -0.2) is 23.2 Å². The van der Waals surface area contributed by atoms with E-state index in [1.807, 2.05) is 0 Å². The summed E-state index contributed by atoms with van der Waals surface area (Å²) in [6, 6.07) is 0. The Morgan fingerprint density at radius 1 is 1.36 bits per heavy atom. The summed E-state index contributed by atoms with van der Waals surface area (Å²) < 4.78 is 42.6. The summed E-state index contributed by atoms with van der Waals surface area (Å²) in [5.74, 6) is -7.96. The van der Waals surface area contributed by atoms with Crippen molar-refractivity contribution < 1.29 is 27.8 Å². The fraction of sp³-hybridized carbons (Fsp3) is 0.143. The Kier molecular flexibility index (Phi) is 2.59. The van der Waals surface area contributed by atoms with Gasteiger partial charge in [-0.2, -0.15) is 13.8 Å². The summed E-state index contributed by atoms with van der Waals surface area (Å²) in [7, 11) is 0.949. The van der Waals surface area contributed by atoms with Crippen LogP contribution in [0.25, 0.3) is 0 Å². The van der Waals surface area contributed by atoms with Crippen LogP contribution in [0.5, 0.6) is 5.88 Å². The highest BCUT2D eigenvalue weighted by molar-refractivity contribution is 5.87. The molecule has 0 aliphatic heterocycles. The van der Waals surface area contributed by atoms with E-state index in [0.29, 0.717) is 0 Å². The molecule has 0 saturated carbocycles. The average molecular weight is 207 g/mol. The third-order valence-corrected chi connectivity index (χ3v) is 1.41. The van der Waals surface area contributed by atoms with E-state index >= 15 is 0 Å². The van der Waals surface area contributed by atoms with Crippen molar-refractivity contribution in [2.75, 3.05) is 7.11 Å². The van der Waals surface area contributed by atoms with Crippen molar-refractivity contribution in [3.8, 4) is 5.88 Å². The first-order valence-electron chi connectivity index (χ1n) is 3.30. The van der Waals surface area contributed by atoms with Gasteiger partial charge in [-0.15, -0.1) is 0 Å². The van der Waals surface area contributed by atoms with Crippen LogP contribution in [0.1, 0.15) is 10.4 Å². The maximum Gasteiger partial charge on any atom is 0.343 e. The van der Waals surface area contributed by atoms with E-state index in [0.717, 1.165) is 7.11 Å². The minimum atomic E-state index is -1.94. The number of ether oxygens (including phenoxy) is 1. The Morgan fingerprint density at radius 2 is 1.93 bits per heavy atom. The van der Waals surface area contributed by atoms with E-state index in [9.17, 15) is 18.0 Å². The first-order chi connectivity index (χ1) is 6.49. The van der Waals surface area contributed by atoms with Gasteiger partial charge in [0, 0.05) is 0 Å². The zero-order valence-electron chi connectivity index (χ0n) is 6.84. The Balaban J connectivity index is 3.49. The summed E-state index contributed by atoms with van der Waals surface area (Å²) >= 11 is 0. The first-order valence-corrected chi connectivity index (χ1v) is 3.30. The molecule has 1 rings (SSSR count). The molecule has 76 valence electrons. The predicted molar refractivity (Wildman–Crippen MR) is 37.6 cm³/mol. The van der Waals surface area contributed by atoms with Gasteiger partial charge in [-0.25, -0.2) is 9.18 Å². The summed E-state index contributed by atoms with van der Waals surface area (Å²) in [5, 5.41) is 8.31. The van der Waals surface area contributed by atoms with Crippen LogP contribution in [0.4, 0.5) is 13.2 Å². The van der Waals surface area contributed by atoms with Crippen LogP contribution in [0, 0.1) is 17.6 Å². The normalized spacial score (nSPS) is 10.0. The van der Waals surface area contributed by atoms with Crippen molar-refractivity contribution in [1.82, 2.24) is 4.98 Å². The molecule has 0 amide bonds. The van der Waals surface area contributed by atoms with Crippen molar-refractivity contribution >= 4 is 5.97 Å². The molecule has 4 nitrogen and oxygen atoms in total. The minimum Gasteiger partial charge on any atom is -0.479 e. The van der Waals surface area contributed by atoms with E-state index in [2.05, 4.69) is 9.72 Å². The van der Waals surface area contributed by atoms with Crippen LogP contribution in [0.15, 0.2) is 0 Å². The molecule has 0 radical (unpaired) electrons. The number of carboxylic acid groups (broad SMARTS) is 1. The molecule has 0 aliphatic carbocycles. The minimum absolute atomic E-state index is 0.926. The molecule has 0 fully saturated rings. The number of hydrogen-bond donors (Lipinski definition) is 1. The molecule has 0 aromatic carbocycles. The lowest BCUT2D eigenvalue weighted by Gasteiger charge is -2.04. The number of carbonyl (C=O) groups is 1. The van der Waals surface area contributed by atoms with Crippen molar-refractivity contribution in [1.29, 1.82) is 0 Å². The maximum absolute atomic E-state index is 12.8. The number of methoxy groups -OCH3 is 1. The number of halogens is 3. The van der Waals surface area contributed by atoms with Crippen LogP contribution < -0.4 is 4.74 Å². The standard InChI is InChI=1S/C7H4F3NO3/c1-14-6-4(9)3(8)2(7(12)13)5(10)11-6/h1H3,(H,12,13). The number of hydrogen-bond acceptors (Lipinski definition) is 3. The van der Waals surface area contributed by atoms with Gasteiger partial charge in [0.2, 0.25) is 11.8 Å².